The molecule has 184 valence electrons. The highest BCUT2D eigenvalue weighted by Gasteiger charge is 2.83. The van der Waals surface area contributed by atoms with Crippen LogP contribution in [0.15, 0.2) is 103 Å². The molecular formula is C34H36Si3. The average molecular weight is 529 g/mol. The van der Waals surface area contributed by atoms with Crippen LogP contribution in [0.25, 0.3) is 5.57 Å². The fraction of sp³-hybridized carbons (Fsp3) is 0.294. The Balaban J connectivity index is 1.77. The largest absolute Gasteiger partial charge is 0.0755 e. The molecule has 0 radical (unpaired) electrons. The number of hydrogen-bond acceptors (Lipinski definition) is 0. The first-order valence-corrected chi connectivity index (χ1v) is 25.0. The maximum absolute atomic E-state index is 2.83. The van der Waals surface area contributed by atoms with Crippen LogP contribution in [0.5, 0.6) is 0 Å². The van der Waals surface area contributed by atoms with Crippen molar-refractivity contribution in [3.63, 3.8) is 0 Å². The highest BCUT2D eigenvalue weighted by molar-refractivity contribution is 7.72. The van der Waals surface area contributed by atoms with Gasteiger partial charge in [0, 0.05) is 29.0 Å². The molecule has 3 bridgehead atoms. The third kappa shape index (κ3) is 2.02. The summed E-state index contributed by atoms with van der Waals surface area (Å²) in [5.74, 6) is 0.680. The number of allylic oxidation sites excluding steroid dienone is 6. The Hall–Kier alpha value is -2.47. The van der Waals surface area contributed by atoms with Crippen molar-refractivity contribution in [3.05, 3.63) is 136 Å². The van der Waals surface area contributed by atoms with E-state index in [1.54, 1.807) is 39.0 Å². The molecule has 3 heteroatoms. The van der Waals surface area contributed by atoms with Gasteiger partial charge in [-0.25, -0.2) is 0 Å². The van der Waals surface area contributed by atoms with Gasteiger partial charge in [-0.1, -0.05) is 136 Å². The van der Waals surface area contributed by atoms with Crippen LogP contribution in [-0.4, -0.2) is 22.3 Å². The summed E-state index contributed by atoms with van der Waals surface area (Å²) in [6.07, 6.45) is 10.5. The van der Waals surface area contributed by atoms with E-state index in [1.165, 1.54) is 5.57 Å². The first-order valence-electron chi connectivity index (χ1n) is 14.0. The van der Waals surface area contributed by atoms with E-state index in [2.05, 4.69) is 136 Å². The van der Waals surface area contributed by atoms with Crippen LogP contribution >= 0.6 is 0 Å². The Labute approximate surface area is 224 Å². The van der Waals surface area contributed by atoms with E-state index in [0.29, 0.717) is 11.8 Å². The van der Waals surface area contributed by atoms with E-state index in [1.807, 2.05) is 0 Å². The van der Waals surface area contributed by atoms with Gasteiger partial charge >= 0.3 is 0 Å². The minimum absolute atomic E-state index is 0.0345. The number of hydrogen-bond donors (Lipinski definition) is 0. The average Bonchev–Trinajstić information content (AvgIpc) is 2.97. The minimum atomic E-state index is -1.94. The Bertz CT molecular complexity index is 1630. The molecule has 8 rings (SSSR count). The molecule has 37 heavy (non-hydrogen) atoms. The zero-order chi connectivity index (χ0) is 25.6. The standard InChI is InChI=1S/C34H36Si3/c1-35(2)33-22-21-23-19-20-26(24-13-9-11-17-29(24)33)31-25-14-7-8-15-27(25)32(23)34(33,36(3,4)37(35,5)6)30-18-12-10-16-28(30)31/h7-22,26,31H,1-6H3/b20-19+. The van der Waals surface area contributed by atoms with Gasteiger partial charge in [0.1, 0.15) is 0 Å². The van der Waals surface area contributed by atoms with Crippen molar-refractivity contribution in [1.82, 2.24) is 0 Å². The molecule has 4 atom stereocenters. The van der Waals surface area contributed by atoms with E-state index in [4.69, 9.17) is 0 Å². The van der Waals surface area contributed by atoms with Crippen molar-refractivity contribution >= 4 is 27.9 Å². The Morgan fingerprint density at radius 2 is 1.24 bits per heavy atom. The third-order valence-electron chi connectivity index (χ3n) is 12.7. The molecule has 5 aliphatic rings. The number of benzene rings is 3. The van der Waals surface area contributed by atoms with Crippen LogP contribution in [0.2, 0.25) is 39.3 Å². The summed E-state index contributed by atoms with van der Waals surface area (Å²) in [4.78, 5) is 0. The van der Waals surface area contributed by atoms with Crippen LogP contribution in [0.1, 0.15) is 45.2 Å². The lowest BCUT2D eigenvalue weighted by Crippen LogP contribution is -2.68. The van der Waals surface area contributed by atoms with Crippen LogP contribution in [0.4, 0.5) is 0 Å². The normalized spacial score (nSPS) is 34.5. The summed E-state index contributed by atoms with van der Waals surface area (Å²) in [6, 6.07) is 29.1. The molecule has 0 aromatic heterocycles. The second-order valence-corrected chi connectivity index (χ2v) is 41.5. The lowest BCUT2D eigenvalue weighted by molar-refractivity contribution is 0.547. The van der Waals surface area contributed by atoms with Crippen molar-refractivity contribution in [2.24, 2.45) is 0 Å². The Morgan fingerprint density at radius 1 is 0.622 bits per heavy atom. The van der Waals surface area contributed by atoms with E-state index in [0.717, 1.165) is 0 Å². The summed E-state index contributed by atoms with van der Waals surface area (Å²) in [7, 11) is -5.48. The maximum Gasteiger partial charge on any atom is 0.0571 e. The first-order chi connectivity index (χ1) is 17.6. The smallest absolute Gasteiger partial charge is 0.0571 e. The van der Waals surface area contributed by atoms with E-state index in [9.17, 15) is 0 Å². The van der Waals surface area contributed by atoms with Crippen molar-refractivity contribution in [1.29, 1.82) is 0 Å². The van der Waals surface area contributed by atoms with Crippen LogP contribution in [-0.2, 0) is 10.1 Å². The fourth-order valence-corrected chi connectivity index (χ4v) is 52.6. The van der Waals surface area contributed by atoms with Gasteiger partial charge in [-0.15, -0.1) is 0 Å². The minimum Gasteiger partial charge on any atom is -0.0755 e. The molecule has 0 saturated carbocycles. The highest BCUT2D eigenvalue weighted by Crippen LogP contribution is 2.75. The van der Waals surface area contributed by atoms with Gasteiger partial charge in [-0.2, -0.15) is 0 Å². The van der Waals surface area contributed by atoms with Crippen LogP contribution in [0.3, 0.4) is 0 Å². The molecule has 3 aromatic rings. The van der Waals surface area contributed by atoms with Crippen molar-refractivity contribution in [2.75, 3.05) is 0 Å². The van der Waals surface area contributed by atoms with Crippen molar-refractivity contribution in [3.8, 4) is 0 Å². The van der Waals surface area contributed by atoms with E-state index < -0.39 is 22.3 Å². The summed E-state index contributed by atoms with van der Waals surface area (Å²) in [6.45, 7) is 16.9. The molecule has 1 aliphatic heterocycles. The Morgan fingerprint density at radius 3 is 2.00 bits per heavy atom. The van der Waals surface area contributed by atoms with E-state index in [-0.39, 0.29) is 10.1 Å². The van der Waals surface area contributed by atoms with Crippen molar-refractivity contribution < 1.29 is 0 Å². The molecule has 1 heterocycles. The molecule has 0 nitrogen and oxygen atoms in total. The lowest BCUT2D eigenvalue weighted by atomic mass is 9.65. The van der Waals surface area contributed by atoms with Gasteiger partial charge in [-0.3, -0.25) is 0 Å². The second kappa shape index (κ2) is 6.56. The van der Waals surface area contributed by atoms with Crippen LogP contribution in [0, 0.1) is 0 Å². The highest BCUT2D eigenvalue weighted by atomic mass is 29.6. The molecule has 4 unspecified atom stereocenters. The van der Waals surface area contributed by atoms with Crippen molar-refractivity contribution in [2.45, 2.75) is 61.2 Å². The zero-order valence-electron chi connectivity index (χ0n) is 22.9. The molecule has 0 amide bonds. The second-order valence-electron chi connectivity index (χ2n) is 13.7. The fourth-order valence-electron chi connectivity index (χ4n) is 10.3. The molecule has 1 spiro atoms. The van der Waals surface area contributed by atoms with Crippen LogP contribution < -0.4 is 0 Å². The quantitative estimate of drug-likeness (QED) is 0.257. The van der Waals surface area contributed by atoms with E-state index >= 15 is 0 Å². The van der Waals surface area contributed by atoms with Gasteiger partial charge in [0.2, 0.25) is 0 Å². The maximum atomic E-state index is 2.83. The molecular weight excluding hydrogens is 493 g/mol. The summed E-state index contributed by atoms with van der Waals surface area (Å²) >= 11 is 0. The molecule has 4 aliphatic carbocycles. The number of fused-ring (bicyclic) bond motifs is 2. The number of rotatable bonds is 0. The first kappa shape index (κ1) is 22.5. The summed E-state index contributed by atoms with van der Waals surface area (Å²) < 4.78 is 0. The zero-order valence-corrected chi connectivity index (χ0v) is 25.9. The molecule has 1 fully saturated rings. The molecule has 1 saturated heterocycles. The van der Waals surface area contributed by atoms with Gasteiger partial charge in [-0.05, 0) is 44.5 Å². The molecule has 3 aromatic carbocycles. The monoisotopic (exact) mass is 528 g/mol. The SMILES string of the molecule is C[Si]1(C)C23C=CC4=C5c6ccccc6C(c6ccccc6C52[Si](C)(C)[Si]1(C)C)C(/C=C/4)c1ccccc13. The van der Waals surface area contributed by atoms with Gasteiger partial charge in [0.25, 0.3) is 0 Å². The predicted molar refractivity (Wildman–Crippen MR) is 165 cm³/mol. The van der Waals surface area contributed by atoms with Gasteiger partial charge < -0.3 is 0 Å². The summed E-state index contributed by atoms with van der Waals surface area (Å²) in [5.41, 5.74) is 12.8. The van der Waals surface area contributed by atoms with Gasteiger partial charge in [0.15, 0.2) is 0 Å². The summed E-state index contributed by atoms with van der Waals surface area (Å²) in [5, 5.41) is 0.0936. The lowest BCUT2D eigenvalue weighted by Gasteiger charge is -2.59. The Kier molecular flexibility index (Phi) is 3.99. The van der Waals surface area contributed by atoms with Gasteiger partial charge in [0.05, 0.1) is 15.2 Å². The third-order valence-corrected chi connectivity index (χ3v) is 57.0. The predicted octanol–water partition coefficient (Wildman–Crippen LogP) is 8.37. The topological polar surface area (TPSA) is 0 Å². The molecule has 0 N–H and O–H groups in total.